The second-order valence-electron chi connectivity index (χ2n) is 5.10. The van der Waals surface area contributed by atoms with E-state index < -0.39 is 0 Å². The molecular formula is C16H21NOS2. The molecule has 0 saturated heterocycles. The Bertz CT molecular complexity index is 546. The molecule has 0 fully saturated rings. The number of thiol groups is 1. The van der Waals surface area contributed by atoms with Crippen LogP contribution in [0, 0.1) is 6.92 Å². The first-order chi connectivity index (χ1) is 9.60. The van der Waals surface area contributed by atoms with Crippen molar-refractivity contribution in [3.63, 3.8) is 0 Å². The number of aromatic nitrogens is 1. The Morgan fingerprint density at radius 1 is 1.25 bits per heavy atom. The summed E-state index contributed by atoms with van der Waals surface area (Å²) in [6.45, 7) is 7.09. The summed E-state index contributed by atoms with van der Waals surface area (Å²) in [6.07, 6.45) is 0.852. The third-order valence-corrected chi connectivity index (χ3v) is 4.96. The Morgan fingerprint density at radius 2 is 1.95 bits per heavy atom. The molecule has 108 valence electrons. The van der Waals surface area contributed by atoms with Gasteiger partial charge in [-0.25, -0.2) is 4.98 Å². The lowest BCUT2D eigenvalue weighted by molar-refractivity contribution is 0.321. The van der Waals surface area contributed by atoms with Gasteiger partial charge in [0.05, 0.1) is 17.3 Å². The molecule has 0 atom stereocenters. The second-order valence-corrected chi connectivity index (χ2v) is 6.58. The molecule has 0 aliphatic carbocycles. The van der Waals surface area contributed by atoms with E-state index in [-0.39, 0.29) is 0 Å². The van der Waals surface area contributed by atoms with Crippen molar-refractivity contribution in [3.8, 4) is 5.75 Å². The van der Waals surface area contributed by atoms with Crippen LogP contribution in [0.1, 0.15) is 40.9 Å². The minimum Gasteiger partial charge on any atom is -0.493 e. The number of benzene rings is 1. The highest BCUT2D eigenvalue weighted by atomic mass is 32.1. The normalized spacial score (nSPS) is 11.1. The molecule has 1 heterocycles. The highest BCUT2D eigenvalue weighted by Gasteiger charge is 2.06. The van der Waals surface area contributed by atoms with Crippen molar-refractivity contribution in [2.75, 3.05) is 6.61 Å². The van der Waals surface area contributed by atoms with Gasteiger partial charge in [0.2, 0.25) is 0 Å². The maximum Gasteiger partial charge on any atom is 0.119 e. The molecule has 20 heavy (non-hydrogen) atoms. The van der Waals surface area contributed by atoms with Gasteiger partial charge in [-0.1, -0.05) is 26.0 Å². The van der Waals surface area contributed by atoms with Gasteiger partial charge in [-0.3, -0.25) is 0 Å². The van der Waals surface area contributed by atoms with Crippen LogP contribution in [0.2, 0.25) is 0 Å². The fraction of sp³-hybridized carbons (Fsp3) is 0.438. The van der Waals surface area contributed by atoms with Crippen LogP contribution in [0.25, 0.3) is 0 Å². The van der Waals surface area contributed by atoms with Crippen LogP contribution >= 0.6 is 24.0 Å². The van der Waals surface area contributed by atoms with Crippen LogP contribution in [0.5, 0.6) is 5.75 Å². The number of thiazole rings is 1. The smallest absolute Gasteiger partial charge is 0.119 e. The molecule has 2 nitrogen and oxygen atoms in total. The summed E-state index contributed by atoms with van der Waals surface area (Å²) in [6, 6.07) is 8.35. The van der Waals surface area contributed by atoms with Gasteiger partial charge in [0.15, 0.2) is 0 Å². The van der Waals surface area contributed by atoms with Gasteiger partial charge in [0.25, 0.3) is 0 Å². The fourth-order valence-corrected chi connectivity index (χ4v) is 3.28. The van der Waals surface area contributed by atoms with Crippen LogP contribution in [0.4, 0.5) is 0 Å². The van der Waals surface area contributed by atoms with Gasteiger partial charge in [-0.15, -0.1) is 11.3 Å². The fourth-order valence-electron chi connectivity index (χ4n) is 1.95. The molecule has 0 aliphatic heterocycles. The third-order valence-electron chi connectivity index (χ3n) is 3.21. The quantitative estimate of drug-likeness (QED) is 0.786. The average Bonchev–Trinajstić information content (AvgIpc) is 2.79. The van der Waals surface area contributed by atoms with Crippen molar-refractivity contribution in [1.82, 2.24) is 4.98 Å². The molecule has 0 radical (unpaired) electrons. The van der Waals surface area contributed by atoms with E-state index in [1.54, 1.807) is 11.3 Å². The lowest BCUT2D eigenvalue weighted by atomic mass is 10.0. The van der Waals surface area contributed by atoms with Crippen LogP contribution in [-0.4, -0.2) is 11.6 Å². The Balaban J connectivity index is 1.86. The highest BCUT2D eigenvalue weighted by Crippen LogP contribution is 2.21. The van der Waals surface area contributed by atoms with Crippen molar-refractivity contribution in [2.24, 2.45) is 0 Å². The first kappa shape index (κ1) is 15.4. The Labute approximate surface area is 130 Å². The standard InChI is InChI=1S/C16H21NOS2/c1-11(2)13-4-6-14(7-5-13)18-9-8-16-17-12(3)15(10-19)20-16/h4-7,11,19H,8-10H2,1-3H3. The number of hydrogen-bond acceptors (Lipinski definition) is 4. The molecule has 0 N–H and O–H groups in total. The summed E-state index contributed by atoms with van der Waals surface area (Å²) in [4.78, 5) is 5.79. The molecule has 4 heteroatoms. The monoisotopic (exact) mass is 307 g/mol. The number of rotatable bonds is 6. The third kappa shape index (κ3) is 4.00. The predicted molar refractivity (Wildman–Crippen MR) is 89.3 cm³/mol. The number of hydrogen-bond donors (Lipinski definition) is 1. The van der Waals surface area contributed by atoms with E-state index in [4.69, 9.17) is 4.74 Å². The zero-order valence-electron chi connectivity index (χ0n) is 12.2. The average molecular weight is 307 g/mol. The van der Waals surface area contributed by atoms with Crippen molar-refractivity contribution >= 4 is 24.0 Å². The largest absolute Gasteiger partial charge is 0.493 e. The highest BCUT2D eigenvalue weighted by molar-refractivity contribution is 7.79. The second kappa shape index (κ2) is 7.14. The van der Waals surface area contributed by atoms with Gasteiger partial charge >= 0.3 is 0 Å². The Kier molecular flexibility index (Phi) is 5.49. The molecule has 2 aromatic rings. The lowest BCUT2D eigenvalue weighted by Crippen LogP contribution is -2.01. The topological polar surface area (TPSA) is 22.1 Å². The van der Waals surface area contributed by atoms with E-state index in [1.807, 2.05) is 19.1 Å². The summed E-state index contributed by atoms with van der Waals surface area (Å²) in [5.74, 6) is 2.25. The molecule has 0 spiro atoms. The molecule has 1 aromatic carbocycles. The van der Waals surface area contributed by atoms with Gasteiger partial charge in [-0.05, 0) is 30.5 Å². The molecule has 1 aromatic heterocycles. The first-order valence-electron chi connectivity index (χ1n) is 6.89. The molecule has 0 amide bonds. The summed E-state index contributed by atoms with van der Waals surface area (Å²) in [5, 5.41) is 1.13. The summed E-state index contributed by atoms with van der Waals surface area (Å²) >= 11 is 6.04. The van der Waals surface area contributed by atoms with Crippen molar-refractivity contribution in [3.05, 3.63) is 45.4 Å². The van der Waals surface area contributed by atoms with Crippen molar-refractivity contribution in [2.45, 2.75) is 38.9 Å². The van der Waals surface area contributed by atoms with E-state index in [0.29, 0.717) is 12.5 Å². The van der Waals surface area contributed by atoms with Gasteiger partial charge in [0, 0.05) is 17.1 Å². The van der Waals surface area contributed by atoms with Gasteiger partial charge in [0.1, 0.15) is 5.75 Å². The van der Waals surface area contributed by atoms with Gasteiger partial charge in [-0.2, -0.15) is 12.6 Å². The van der Waals surface area contributed by atoms with E-state index in [0.717, 1.165) is 28.6 Å². The summed E-state index contributed by atoms with van der Waals surface area (Å²) in [5.41, 5.74) is 2.44. The molecule has 0 unspecified atom stereocenters. The molecule has 0 aliphatic rings. The van der Waals surface area contributed by atoms with E-state index in [9.17, 15) is 0 Å². The number of ether oxygens (including phenoxy) is 1. The minimum absolute atomic E-state index is 0.557. The van der Waals surface area contributed by atoms with E-state index >= 15 is 0 Å². The first-order valence-corrected chi connectivity index (χ1v) is 8.34. The predicted octanol–water partition coefficient (Wildman–Crippen LogP) is 4.63. The van der Waals surface area contributed by atoms with Crippen LogP contribution in [-0.2, 0) is 12.2 Å². The van der Waals surface area contributed by atoms with Crippen molar-refractivity contribution in [1.29, 1.82) is 0 Å². The van der Waals surface area contributed by atoms with E-state index in [2.05, 4.69) is 43.6 Å². The maximum atomic E-state index is 5.78. The zero-order chi connectivity index (χ0) is 14.5. The Hall–Kier alpha value is -1.00. The number of nitrogens with zero attached hydrogens (tertiary/aromatic N) is 1. The SMILES string of the molecule is Cc1nc(CCOc2ccc(C(C)C)cc2)sc1CS. The number of aryl methyl sites for hydroxylation is 1. The molecule has 0 bridgehead atoms. The zero-order valence-corrected chi connectivity index (χ0v) is 13.9. The van der Waals surface area contributed by atoms with Crippen molar-refractivity contribution < 1.29 is 4.74 Å². The summed E-state index contributed by atoms with van der Waals surface area (Å²) in [7, 11) is 0. The molecule has 2 rings (SSSR count). The van der Waals surface area contributed by atoms with Gasteiger partial charge < -0.3 is 4.74 Å². The van der Waals surface area contributed by atoms with Crippen LogP contribution in [0.3, 0.4) is 0 Å². The maximum absolute atomic E-state index is 5.78. The van der Waals surface area contributed by atoms with E-state index in [1.165, 1.54) is 10.4 Å². The van der Waals surface area contributed by atoms with Crippen LogP contribution < -0.4 is 4.74 Å². The molecule has 0 saturated carbocycles. The van der Waals surface area contributed by atoms with Crippen LogP contribution in [0.15, 0.2) is 24.3 Å². The molecular weight excluding hydrogens is 286 g/mol. The lowest BCUT2D eigenvalue weighted by Gasteiger charge is -2.08. The minimum atomic E-state index is 0.557. The Morgan fingerprint density at radius 3 is 2.50 bits per heavy atom. The summed E-state index contributed by atoms with van der Waals surface area (Å²) < 4.78 is 5.78.